The molecule has 8 heteroatoms. The van der Waals surface area contributed by atoms with Crippen LogP contribution in [0.4, 0.5) is 10.5 Å². The summed E-state index contributed by atoms with van der Waals surface area (Å²) in [4.78, 5) is 23.6. The van der Waals surface area contributed by atoms with Crippen molar-refractivity contribution in [3.05, 3.63) is 59.7 Å². The molecule has 30 heavy (non-hydrogen) atoms. The van der Waals surface area contributed by atoms with E-state index >= 15 is 0 Å². The van der Waals surface area contributed by atoms with Crippen molar-refractivity contribution in [3.8, 4) is 5.75 Å². The van der Waals surface area contributed by atoms with Crippen LogP contribution in [-0.2, 0) is 14.3 Å². The second kappa shape index (κ2) is 12.8. The molecular formula is C22H27NO6S. The number of benzene rings is 2. The number of carbonyl (C=O) groups is 2. The van der Waals surface area contributed by atoms with Crippen LogP contribution in [0.25, 0.3) is 0 Å². The average molecular weight is 434 g/mol. The van der Waals surface area contributed by atoms with Crippen molar-refractivity contribution in [2.45, 2.75) is 25.9 Å². The van der Waals surface area contributed by atoms with Crippen molar-refractivity contribution in [1.82, 2.24) is 0 Å². The number of hydrogen-bond donors (Lipinski definition) is 3. The van der Waals surface area contributed by atoms with Gasteiger partial charge < -0.3 is 19.3 Å². The third kappa shape index (κ3) is 8.34. The van der Waals surface area contributed by atoms with Gasteiger partial charge in [0.1, 0.15) is 18.5 Å². The van der Waals surface area contributed by atoms with Crippen molar-refractivity contribution < 1.29 is 28.9 Å². The summed E-state index contributed by atoms with van der Waals surface area (Å²) < 4.78 is 16.0. The normalized spacial score (nSPS) is 11.4. The number of aliphatic hydroxyl groups is 1. The molecule has 0 aliphatic rings. The predicted octanol–water partition coefficient (Wildman–Crippen LogP) is 3.91. The lowest BCUT2D eigenvalue weighted by Gasteiger charge is -2.19. The third-order valence-corrected chi connectivity index (χ3v) is 4.42. The molecule has 162 valence electrons. The second-order valence-electron chi connectivity index (χ2n) is 6.55. The van der Waals surface area contributed by atoms with Gasteiger partial charge in [0.25, 0.3) is 0 Å². The van der Waals surface area contributed by atoms with Gasteiger partial charge in [-0.3, -0.25) is 10.1 Å². The fraction of sp³-hybridized carbons (Fsp3) is 0.364. The Kier molecular flexibility index (Phi) is 10.0. The highest BCUT2D eigenvalue weighted by molar-refractivity contribution is 7.81. The molecule has 0 aromatic heterocycles. The minimum atomic E-state index is -0.572. The molecule has 1 amide bonds. The van der Waals surface area contributed by atoms with Crippen molar-refractivity contribution in [1.29, 1.82) is 0 Å². The maximum absolute atomic E-state index is 12.4. The summed E-state index contributed by atoms with van der Waals surface area (Å²) in [5.41, 5.74) is 2.51. The van der Waals surface area contributed by atoms with E-state index in [0.717, 1.165) is 11.1 Å². The minimum absolute atomic E-state index is 0.0220. The van der Waals surface area contributed by atoms with E-state index in [0.29, 0.717) is 24.3 Å². The minimum Gasteiger partial charge on any atom is -0.491 e. The van der Waals surface area contributed by atoms with E-state index in [1.54, 1.807) is 36.4 Å². The number of amides is 1. The summed E-state index contributed by atoms with van der Waals surface area (Å²) in [5.74, 6) is 0.241. The van der Waals surface area contributed by atoms with E-state index in [4.69, 9.17) is 19.3 Å². The molecule has 0 heterocycles. The van der Waals surface area contributed by atoms with Gasteiger partial charge in [-0.2, -0.15) is 12.6 Å². The van der Waals surface area contributed by atoms with Crippen LogP contribution in [-0.4, -0.2) is 42.7 Å². The van der Waals surface area contributed by atoms with E-state index in [1.165, 1.54) is 0 Å². The highest BCUT2D eigenvalue weighted by atomic mass is 32.1. The zero-order chi connectivity index (χ0) is 21.8. The Labute approximate surface area is 181 Å². The number of thiol groups is 1. The summed E-state index contributed by atoms with van der Waals surface area (Å²) in [6.07, 6.45) is -0.114. The topological polar surface area (TPSA) is 94.1 Å². The molecule has 0 aliphatic heterocycles. The fourth-order valence-electron chi connectivity index (χ4n) is 2.65. The standard InChI is InChI=1S/C22H27NO6S/c1-16-4-8-18(9-5-16)23-22(26)29-20(3-2-13-28-21(25)15-30)17-6-10-19(11-7-17)27-14-12-24/h4-11,20,24,30H,2-3,12-15H2,1H3,(H,23,26)/t20-/m0/s1. The van der Waals surface area contributed by atoms with E-state index in [9.17, 15) is 9.59 Å². The van der Waals surface area contributed by atoms with Crippen molar-refractivity contribution in [2.75, 3.05) is 30.9 Å². The summed E-state index contributed by atoms with van der Waals surface area (Å²) in [6.45, 7) is 2.32. The van der Waals surface area contributed by atoms with Gasteiger partial charge >= 0.3 is 12.1 Å². The quantitative estimate of drug-likeness (QED) is 0.283. The van der Waals surface area contributed by atoms with Crippen molar-refractivity contribution in [3.63, 3.8) is 0 Å². The molecule has 0 aliphatic carbocycles. The summed E-state index contributed by atoms with van der Waals surface area (Å²) in [6, 6.07) is 14.5. The van der Waals surface area contributed by atoms with Crippen LogP contribution in [0.3, 0.4) is 0 Å². The largest absolute Gasteiger partial charge is 0.491 e. The van der Waals surface area contributed by atoms with Gasteiger partial charge in [-0.05, 0) is 49.6 Å². The zero-order valence-electron chi connectivity index (χ0n) is 16.9. The molecule has 0 fully saturated rings. The van der Waals surface area contributed by atoms with Crippen LogP contribution in [0.15, 0.2) is 48.5 Å². The number of aliphatic hydroxyl groups excluding tert-OH is 1. The number of anilines is 1. The van der Waals surface area contributed by atoms with E-state index in [1.807, 2.05) is 19.1 Å². The lowest BCUT2D eigenvalue weighted by molar-refractivity contribution is -0.140. The molecular weight excluding hydrogens is 406 g/mol. The van der Waals surface area contributed by atoms with E-state index in [-0.39, 0.29) is 25.6 Å². The molecule has 0 spiro atoms. The molecule has 0 bridgehead atoms. The van der Waals surface area contributed by atoms with Gasteiger partial charge in [0, 0.05) is 5.69 Å². The highest BCUT2D eigenvalue weighted by Crippen LogP contribution is 2.26. The molecule has 7 nitrogen and oxygen atoms in total. The first-order chi connectivity index (χ1) is 14.5. The van der Waals surface area contributed by atoms with Gasteiger partial charge in [-0.15, -0.1) is 0 Å². The van der Waals surface area contributed by atoms with Crippen LogP contribution < -0.4 is 10.1 Å². The highest BCUT2D eigenvalue weighted by Gasteiger charge is 2.17. The molecule has 2 rings (SSSR count). The Hall–Kier alpha value is -2.71. The Bertz CT molecular complexity index is 794. The van der Waals surface area contributed by atoms with E-state index in [2.05, 4.69) is 17.9 Å². The van der Waals surface area contributed by atoms with Gasteiger partial charge in [-0.25, -0.2) is 4.79 Å². The number of esters is 1. The van der Waals surface area contributed by atoms with Crippen LogP contribution >= 0.6 is 12.6 Å². The van der Waals surface area contributed by atoms with Gasteiger partial charge in [0.15, 0.2) is 0 Å². The first-order valence-electron chi connectivity index (χ1n) is 9.66. The summed E-state index contributed by atoms with van der Waals surface area (Å²) >= 11 is 3.87. The Balaban J connectivity index is 2.01. The number of ether oxygens (including phenoxy) is 3. The van der Waals surface area contributed by atoms with Crippen LogP contribution in [0.1, 0.15) is 30.1 Å². The van der Waals surface area contributed by atoms with Gasteiger partial charge in [0.2, 0.25) is 0 Å². The first-order valence-corrected chi connectivity index (χ1v) is 10.3. The molecule has 1 atom stereocenters. The Morgan fingerprint density at radius 2 is 1.77 bits per heavy atom. The lowest BCUT2D eigenvalue weighted by Crippen LogP contribution is -2.18. The predicted molar refractivity (Wildman–Crippen MR) is 117 cm³/mol. The molecule has 0 radical (unpaired) electrons. The van der Waals surface area contributed by atoms with Crippen LogP contribution in [0.5, 0.6) is 5.75 Å². The lowest BCUT2D eigenvalue weighted by atomic mass is 10.0. The second-order valence-corrected chi connectivity index (χ2v) is 6.86. The SMILES string of the molecule is Cc1ccc(NC(=O)O[C@@H](CCCOC(=O)CS)c2ccc(OCCO)cc2)cc1. The number of hydrogen-bond acceptors (Lipinski definition) is 7. The first kappa shape index (κ1) is 23.6. The van der Waals surface area contributed by atoms with Crippen LogP contribution in [0.2, 0.25) is 0 Å². The van der Waals surface area contributed by atoms with Gasteiger partial charge in [0.05, 0.1) is 19.0 Å². The zero-order valence-corrected chi connectivity index (χ0v) is 17.8. The van der Waals surface area contributed by atoms with E-state index < -0.39 is 18.2 Å². The Morgan fingerprint density at radius 1 is 1.07 bits per heavy atom. The number of rotatable bonds is 11. The number of carbonyl (C=O) groups excluding carboxylic acids is 2. The summed E-state index contributed by atoms with van der Waals surface area (Å²) in [7, 11) is 0. The van der Waals surface area contributed by atoms with Crippen LogP contribution in [0, 0.1) is 6.92 Å². The monoisotopic (exact) mass is 433 g/mol. The Morgan fingerprint density at radius 3 is 2.40 bits per heavy atom. The molecule has 2 aromatic rings. The van der Waals surface area contributed by atoms with Gasteiger partial charge in [-0.1, -0.05) is 29.8 Å². The summed E-state index contributed by atoms with van der Waals surface area (Å²) in [5, 5.41) is 11.6. The molecule has 2 aromatic carbocycles. The molecule has 2 N–H and O–H groups in total. The maximum atomic E-state index is 12.4. The number of aryl methyl sites for hydroxylation is 1. The molecule has 0 saturated heterocycles. The molecule has 0 unspecified atom stereocenters. The van der Waals surface area contributed by atoms with Crippen molar-refractivity contribution >= 4 is 30.4 Å². The molecule has 0 saturated carbocycles. The smallest absolute Gasteiger partial charge is 0.412 e. The fourth-order valence-corrected chi connectivity index (χ4v) is 2.74. The van der Waals surface area contributed by atoms with Crippen molar-refractivity contribution in [2.24, 2.45) is 0 Å². The average Bonchev–Trinajstić information content (AvgIpc) is 2.76. The third-order valence-electron chi connectivity index (χ3n) is 4.16. The maximum Gasteiger partial charge on any atom is 0.412 e. The number of nitrogens with one attached hydrogen (secondary N) is 1.